The topological polar surface area (TPSA) is 26.0 Å². The highest BCUT2D eigenvalue weighted by Gasteiger charge is 2.30. The van der Waals surface area contributed by atoms with Crippen molar-refractivity contribution in [2.24, 2.45) is 29.4 Å². The molecule has 1 aliphatic carbocycles. The van der Waals surface area contributed by atoms with Gasteiger partial charge in [-0.05, 0) is 42.1 Å². The lowest BCUT2D eigenvalue weighted by molar-refractivity contribution is 0.303. The van der Waals surface area contributed by atoms with Gasteiger partial charge in [-0.15, -0.1) is 0 Å². The van der Waals surface area contributed by atoms with Gasteiger partial charge in [0.05, 0.1) is 0 Å². The zero-order valence-corrected chi connectivity index (χ0v) is 11.8. The molecule has 3 unspecified atom stereocenters. The Labute approximate surface area is 107 Å². The minimum atomic E-state index is 0.550. The summed E-state index contributed by atoms with van der Waals surface area (Å²) in [6, 6.07) is 0. The average Bonchev–Trinajstić information content (AvgIpc) is 3.08. The summed E-state index contributed by atoms with van der Waals surface area (Å²) in [6.07, 6.45) is 6.61. The average molecular weight is 235 g/mol. The van der Waals surface area contributed by atoms with E-state index < -0.39 is 0 Å². The third-order valence-corrected chi connectivity index (χ3v) is 4.30. The number of hydrogen-bond donors (Lipinski definition) is 1. The first kappa shape index (κ1) is 14.3. The fourth-order valence-electron chi connectivity index (χ4n) is 2.63. The molecule has 0 saturated heterocycles. The van der Waals surface area contributed by atoms with E-state index in [9.17, 15) is 0 Å². The van der Waals surface area contributed by atoms with Crippen molar-refractivity contribution in [2.75, 3.05) is 0 Å². The number of hydrogen-bond acceptors (Lipinski definition) is 1. The molecule has 0 radical (unpaired) electrons. The summed E-state index contributed by atoms with van der Waals surface area (Å²) in [7, 11) is 0. The summed E-state index contributed by atoms with van der Waals surface area (Å²) in [5.74, 6) is 2.95. The Morgan fingerprint density at radius 3 is 2.29 bits per heavy atom. The van der Waals surface area contributed by atoms with E-state index in [1.807, 2.05) is 0 Å². The highest BCUT2D eigenvalue weighted by molar-refractivity contribution is 5.25. The SMILES string of the molecule is C=C(N)C(=C)C(CC1CC1)C(C)CC(C)CC. The van der Waals surface area contributed by atoms with Crippen molar-refractivity contribution in [3.05, 3.63) is 24.4 Å². The molecule has 1 fully saturated rings. The lowest BCUT2D eigenvalue weighted by Gasteiger charge is -2.28. The first-order chi connectivity index (χ1) is 7.95. The number of nitrogens with two attached hydrogens (primary N) is 1. The van der Waals surface area contributed by atoms with E-state index in [1.54, 1.807) is 0 Å². The van der Waals surface area contributed by atoms with E-state index in [2.05, 4.69) is 33.9 Å². The molecule has 3 atom stereocenters. The Kier molecular flexibility index (Phi) is 5.30. The van der Waals surface area contributed by atoms with E-state index in [4.69, 9.17) is 5.73 Å². The Hall–Kier alpha value is -0.720. The highest BCUT2D eigenvalue weighted by Crippen LogP contribution is 2.41. The molecule has 0 amide bonds. The van der Waals surface area contributed by atoms with Gasteiger partial charge in [-0.2, -0.15) is 0 Å². The Bertz CT molecular complexity index is 275. The van der Waals surface area contributed by atoms with Crippen LogP contribution in [-0.2, 0) is 0 Å². The molecule has 1 saturated carbocycles. The monoisotopic (exact) mass is 235 g/mol. The second-order valence-electron chi connectivity index (χ2n) is 6.06. The Morgan fingerprint density at radius 1 is 1.29 bits per heavy atom. The molecule has 0 heterocycles. The molecule has 0 aromatic carbocycles. The van der Waals surface area contributed by atoms with E-state index >= 15 is 0 Å². The first-order valence-electron chi connectivity index (χ1n) is 7.09. The lowest BCUT2D eigenvalue weighted by atomic mass is 9.78. The van der Waals surface area contributed by atoms with Gasteiger partial charge in [-0.25, -0.2) is 0 Å². The van der Waals surface area contributed by atoms with Gasteiger partial charge in [-0.1, -0.05) is 53.2 Å². The number of rotatable bonds is 8. The van der Waals surface area contributed by atoms with Crippen molar-refractivity contribution in [1.82, 2.24) is 0 Å². The predicted octanol–water partition coefficient (Wildman–Crippen LogP) is 4.50. The number of allylic oxidation sites excluding steroid dienone is 1. The Balaban J connectivity index is 2.60. The molecule has 1 heteroatoms. The van der Waals surface area contributed by atoms with Crippen LogP contribution in [0.1, 0.15) is 52.9 Å². The van der Waals surface area contributed by atoms with Crippen LogP contribution in [0.3, 0.4) is 0 Å². The largest absolute Gasteiger partial charge is 0.399 e. The quantitative estimate of drug-likeness (QED) is 0.616. The maximum atomic E-state index is 5.84. The molecule has 0 bridgehead atoms. The van der Waals surface area contributed by atoms with Crippen LogP contribution < -0.4 is 5.73 Å². The van der Waals surface area contributed by atoms with Crippen molar-refractivity contribution < 1.29 is 0 Å². The van der Waals surface area contributed by atoms with E-state index in [0.29, 0.717) is 17.5 Å². The van der Waals surface area contributed by atoms with Crippen LogP contribution in [0.4, 0.5) is 0 Å². The normalized spacial score (nSPS) is 20.6. The lowest BCUT2D eigenvalue weighted by Crippen LogP contribution is -2.20. The standard InChI is InChI=1S/C16H29N/c1-6-11(2)9-12(3)16(10-15-7-8-15)13(4)14(5)17/h11-12,15-16H,4-10,17H2,1-3H3. The van der Waals surface area contributed by atoms with Crippen molar-refractivity contribution >= 4 is 0 Å². The molecular weight excluding hydrogens is 206 g/mol. The molecule has 1 rings (SSSR count). The maximum Gasteiger partial charge on any atom is 0.0270 e. The van der Waals surface area contributed by atoms with Crippen LogP contribution in [0, 0.1) is 23.7 Å². The molecule has 2 N–H and O–H groups in total. The molecular formula is C16H29N. The third-order valence-electron chi connectivity index (χ3n) is 4.30. The summed E-state index contributed by atoms with van der Waals surface area (Å²) in [6.45, 7) is 15.0. The van der Waals surface area contributed by atoms with E-state index in [-0.39, 0.29) is 0 Å². The maximum absolute atomic E-state index is 5.84. The van der Waals surface area contributed by atoms with Gasteiger partial charge in [-0.3, -0.25) is 0 Å². The first-order valence-corrected chi connectivity index (χ1v) is 7.09. The van der Waals surface area contributed by atoms with Crippen LogP contribution in [-0.4, -0.2) is 0 Å². The van der Waals surface area contributed by atoms with Crippen LogP contribution in [0.5, 0.6) is 0 Å². The van der Waals surface area contributed by atoms with Crippen LogP contribution in [0.2, 0.25) is 0 Å². The zero-order chi connectivity index (χ0) is 13.0. The molecule has 98 valence electrons. The summed E-state index contributed by atoms with van der Waals surface area (Å²) in [5.41, 5.74) is 7.62. The zero-order valence-electron chi connectivity index (χ0n) is 11.8. The molecule has 1 nitrogen and oxygen atoms in total. The highest BCUT2D eigenvalue weighted by atomic mass is 14.6. The second-order valence-corrected chi connectivity index (χ2v) is 6.06. The molecule has 0 aromatic rings. The van der Waals surface area contributed by atoms with Crippen LogP contribution in [0.15, 0.2) is 24.4 Å². The van der Waals surface area contributed by atoms with Gasteiger partial charge >= 0.3 is 0 Å². The smallest absolute Gasteiger partial charge is 0.0270 e. The van der Waals surface area contributed by atoms with Crippen molar-refractivity contribution in [2.45, 2.75) is 52.9 Å². The van der Waals surface area contributed by atoms with Crippen molar-refractivity contribution in [3.8, 4) is 0 Å². The molecule has 0 spiro atoms. The molecule has 1 aliphatic rings. The van der Waals surface area contributed by atoms with Gasteiger partial charge in [0, 0.05) is 5.70 Å². The summed E-state index contributed by atoms with van der Waals surface area (Å²) < 4.78 is 0. The fourth-order valence-corrected chi connectivity index (χ4v) is 2.63. The second kappa shape index (κ2) is 6.28. The van der Waals surface area contributed by atoms with Gasteiger partial charge in [0.25, 0.3) is 0 Å². The summed E-state index contributed by atoms with van der Waals surface area (Å²) in [4.78, 5) is 0. The van der Waals surface area contributed by atoms with E-state index in [0.717, 1.165) is 17.4 Å². The third kappa shape index (κ3) is 4.57. The fraction of sp³-hybridized carbons (Fsp3) is 0.750. The minimum Gasteiger partial charge on any atom is -0.399 e. The van der Waals surface area contributed by atoms with Crippen LogP contribution >= 0.6 is 0 Å². The predicted molar refractivity (Wildman–Crippen MR) is 76.5 cm³/mol. The van der Waals surface area contributed by atoms with Gasteiger partial charge in [0.2, 0.25) is 0 Å². The van der Waals surface area contributed by atoms with Crippen LogP contribution in [0.25, 0.3) is 0 Å². The van der Waals surface area contributed by atoms with Gasteiger partial charge in [0.15, 0.2) is 0 Å². The van der Waals surface area contributed by atoms with Crippen molar-refractivity contribution in [3.63, 3.8) is 0 Å². The summed E-state index contributed by atoms with van der Waals surface area (Å²) in [5, 5.41) is 0. The van der Waals surface area contributed by atoms with Gasteiger partial charge < -0.3 is 5.73 Å². The minimum absolute atomic E-state index is 0.550. The molecule has 17 heavy (non-hydrogen) atoms. The molecule has 0 aromatic heterocycles. The summed E-state index contributed by atoms with van der Waals surface area (Å²) >= 11 is 0. The molecule has 0 aliphatic heterocycles. The van der Waals surface area contributed by atoms with Crippen molar-refractivity contribution in [1.29, 1.82) is 0 Å². The Morgan fingerprint density at radius 2 is 1.88 bits per heavy atom. The van der Waals surface area contributed by atoms with E-state index in [1.165, 1.54) is 32.1 Å². The van der Waals surface area contributed by atoms with Gasteiger partial charge in [0.1, 0.15) is 0 Å².